The topological polar surface area (TPSA) is 69.7 Å². The molecule has 0 amide bonds. The quantitative estimate of drug-likeness (QED) is 0.608. The Labute approximate surface area is 178 Å². The van der Waals surface area contributed by atoms with E-state index in [1.165, 1.54) is 0 Å². The lowest BCUT2D eigenvalue weighted by Crippen LogP contribution is -2.69. The summed E-state index contributed by atoms with van der Waals surface area (Å²) in [5, 5.41) is 12.1. The average molecular weight is 421 g/mol. The van der Waals surface area contributed by atoms with E-state index >= 15 is 0 Å². The summed E-state index contributed by atoms with van der Waals surface area (Å²) in [6.45, 7) is 9.53. The maximum absolute atomic E-state index is 12.1. The fourth-order valence-corrected chi connectivity index (χ4v) is 10.00. The Morgan fingerprint density at radius 1 is 0.800 bits per heavy atom. The molecular weight excluding hydrogens is 384 g/mol. The van der Waals surface area contributed by atoms with Crippen molar-refractivity contribution in [3.8, 4) is 0 Å². The molecule has 0 aromatic carbocycles. The molecule has 7 fully saturated rings. The van der Waals surface area contributed by atoms with Crippen LogP contribution in [0.15, 0.2) is 0 Å². The van der Waals surface area contributed by atoms with Gasteiger partial charge in [-0.25, -0.2) is 0 Å². The molecule has 3 spiro atoms. The molecule has 3 saturated heterocycles. The number of fused-ring (bicyclic) bond motifs is 5. The molecule has 7 rings (SSSR count). The molecule has 0 bridgehead atoms. The first-order valence-corrected chi connectivity index (χ1v) is 12.2. The predicted molar refractivity (Wildman–Crippen MR) is 107 cm³/mol. The summed E-state index contributed by atoms with van der Waals surface area (Å²) < 4.78 is 31.4. The molecule has 0 radical (unpaired) electrons. The molecule has 4 aliphatic carbocycles. The van der Waals surface area contributed by atoms with Crippen LogP contribution in [0, 0.1) is 28.6 Å². The highest BCUT2D eigenvalue weighted by Crippen LogP contribution is 2.77. The summed E-state index contributed by atoms with van der Waals surface area (Å²) in [6, 6.07) is 0. The molecule has 168 valence electrons. The molecule has 30 heavy (non-hydrogen) atoms. The normalized spacial score (nSPS) is 59.6. The molecule has 0 aromatic heterocycles. The first kappa shape index (κ1) is 19.2. The van der Waals surface area contributed by atoms with Gasteiger partial charge >= 0.3 is 0 Å². The Morgan fingerprint density at radius 2 is 1.50 bits per heavy atom. The Morgan fingerprint density at radius 3 is 2.23 bits per heavy atom. The molecule has 8 atom stereocenters. The highest BCUT2D eigenvalue weighted by molar-refractivity contribution is 5.28. The second-order valence-corrected chi connectivity index (χ2v) is 12.1. The summed E-state index contributed by atoms with van der Waals surface area (Å²) in [7, 11) is 0. The smallest absolute Gasteiger partial charge is 0.174 e. The number of ether oxygens (including phenoxy) is 5. The second kappa shape index (κ2) is 5.45. The van der Waals surface area contributed by atoms with Crippen molar-refractivity contribution in [1.82, 2.24) is 0 Å². The van der Waals surface area contributed by atoms with Gasteiger partial charge in [-0.3, -0.25) is 0 Å². The molecule has 0 aromatic rings. The van der Waals surface area contributed by atoms with Gasteiger partial charge < -0.3 is 28.8 Å². The second-order valence-electron chi connectivity index (χ2n) is 12.1. The van der Waals surface area contributed by atoms with Crippen molar-refractivity contribution in [1.29, 1.82) is 0 Å². The van der Waals surface area contributed by atoms with Crippen molar-refractivity contribution >= 4 is 0 Å². The number of hydrogen-bond donors (Lipinski definition) is 1. The number of epoxide rings is 1. The summed E-state index contributed by atoms with van der Waals surface area (Å²) in [5.74, 6) is 0.205. The van der Waals surface area contributed by atoms with E-state index < -0.39 is 17.2 Å². The van der Waals surface area contributed by atoms with E-state index in [-0.39, 0.29) is 28.5 Å². The third-order valence-corrected chi connectivity index (χ3v) is 10.9. The van der Waals surface area contributed by atoms with E-state index in [0.29, 0.717) is 38.3 Å². The maximum atomic E-state index is 12.1. The highest BCUT2D eigenvalue weighted by atomic mass is 16.7. The molecule has 7 aliphatic rings. The van der Waals surface area contributed by atoms with Crippen LogP contribution in [-0.2, 0) is 23.7 Å². The SMILES string of the molecule is CC1(O)CC2(C)C(CCC23OCCO3)C2CC3OC34CC3(CCC4(C)C21)OCCO3. The van der Waals surface area contributed by atoms with Gasteiger partial charge in [0.25, 0.3) is 0 Å². The monoisotopic (exact) mass is 420 g/mol. The van der Waals surface area contributed by atoms with Crippen LogP contribution in [0.5, 0.6) is 0 Å². The van der Waals surface area contributed by atoms with Gasteiger partial charge in [0, 0.05) is 30.1 Å². The number of hydrogen-bond acceptors (Lipinski definition) is 6. The van der Waals surface area contributed by atoms with Crippen LogP contribution in [-0.4, -0.2) is 60.4 Å². The molecular formula is C24H36O6. The Bertz CT molecular complexity index is 770. The van der Waals surface area contributed by atoms with Crippen LogP contribution in [0.3, 0.4) is 0 Å². The van der Waals surface area contributed by atoms with Crippen molar-refractivity contribution in [3.63, 3.8) is 0 Å². The van der Waals surface area contributed by atoms with Crippen LogP contribution in [0.1, 0.15) is 65.7 Å². The first-order chi connectivity index (χ1) is 14.2. The van der Waals surface area contributed by atoms with Gasteiger partial charge in [0.1, 0.15) is 5.60 Å². The summed E-state index contributed by atoms with van der Waals surface area (Å²) in [5.41, 5.74) is -1.18. The molecule has 6 nitrogen and oxygen atoms in total. The Kier molecular flexibility index (Phi) is 3.50. The van der Waals surface area contributed by atoms with E-state index in [9.17, 15) is 5.11 Å². The fraction of sp³-hybridized carbons (Fsp3) is 1.00. The van der Waals surface area contributed by atoms with Crippen LogP contribution in [0.4, 0.5) is 0 Å². The molecule has 8 unspecified atom stereocenters. The summed E-state index contributed by atoms with van der Waals surface area (Å²) in [6.07, 6.45) is 6.81. The maximum Gasteiger partial charge on any atom is 0.174 e. The molecule has 4 saturated carbocycles. The fourth-order valence-electron chi connectivity index (χ4n) is 10.00. The largest absolute Gasteiger partial charge is 0.390 e. The summed E-state index contributed by atoms with van der Waals surface area (Å²) in [4.78, 5) is 0. The van der Waals surface area contributed by atoms with Crippen LogP contribution in [0.25, 0.3) is 0 Å². The highest BCUT2D eigenvalue weighted by Gasteiger charge is 2.82. The number of rotatable bonds is 0. The van der Waals surface area contributed by atoms with Crippen molar-refractivity contribution in [2.24, 2.45) is 28.6 Å². The van der Waals surface area contributed by atoms with Gasteiger partial charge in [0.15, 0.2) is 11.6 Å². The standard InChI is InChI=1S/C24H36O6/c1-19-6-7-22(26-8-9-27-22)14-23(19)17(30-23)12-15-16-4-5-24(28-10-11-29-24)20(16,2)13-21(3,25)18(15)19/h15-18,25H,4-14H2,1-3H3. The third-order valence-electron chi connectivity index (χ3n) is 10.9. The summed E-state index contributed by atoms with van der Waals surface area (Å²) >= 11 is 0. The van der Waals surface area contributed by atoms with Crippen LogP contribution >= 0.6 is 0 Å². The molecule has 1 N–H and O–H groups in total. The van der Waals surface area contributed by atoms with Crippen molar-refractivity contribution < 1.29 is 28.8 Å². The lowest BCUT2D eigenvalue weighted by Gasteiger charge is -2.65. The van der Waals surface area contributed by atoms with Crippen molar-refractivity contribution in [2.75, 3.05) is 26.4 Å². The lowest BCUT2D eigenvalue weighted by atomic mass is 9.41. The van der Waals surface area contributed by atoms with Gasteiger partial charge in [0.05, 0.1) is 38.1 Å². The van der Waals surface area contributed by atoms with E-state index in [4.69, 9.17) is 23.7 Å². The van der Waals surface area contributed by atoms with Crippen LogP contribution < -0.4 is 0 Å². The predicted octanol–water partition coefficient (Wildman–Crippen LogP) is 3.01. The Hall–Kier alpha value is -0.240. The van der Waals surface area contributed by atoms with Crippen molar-refractivity contribution in [3.05, 3.63) is 0 Å². The minimum absolute atomic E-state index is 0.0564. The first-order valence-electron chi connectivity index (χ1n) is 12.2. The molecule has 3 aliphatic heterocycles. The molecule has 3 heterocycles. The average Bonchev–Trinajstić information content (AvgIpc) is 3.05. The van der Waals surface area contributed by atoms with Gasteiger partial charge in [-0.15, -0.1) is 0 Å². The zero-order valence-electron chi connectivity index (χ0n) is 18.6. The zero-order valence-corrected chi connectivity index (χ0v) is 18.6. The van der Waals surface area contributed by atoms with Gasteiger partial charge in [0.2, 0.25) is 0 Å². The Balaban J connectivity index is 1.29. The van der Waals surface area contributed by atoms with E-state index in [2.05, 4.69) is 20.8 Å². The number of aliphatic hydroxyl groups is 1. The lowest BCUT2D eigenvalue weighted by molar-refractivity contribution is -0.289. The van der Waals surface area contributed by atoms with Crippen molar-refractivity contribution in [2.45, 2.75) is 94.6 Å². The van der Waals surface area contributed by atoms with Gasteiger partial charge in [-0.2, -0.15) is 0 Å². The van der Waals surface area contributed by atoms with Gasteiger partial charge in [-0.05, 0) is 50.4 Å². The van der Waals surface area contributed by atoms with E-state index in [1.807, 2.05) is 0 Å². The van der Waals surface area contributed by atoms with E-state index in [1.54, 1.807) is 0 Å². The van der Waals surface area contributed by atoms with E-state index in [0.717, 1.165) is 44.9 Å². The van der Waals surface area contributed by atoms with Crippen LogP contribution in [0.2, 0.25) is 0 Å². The minimum Gasteiger partial charge on any atom is -0.390 e. The molecule has 6 heteroatoms. The third kappa shape index (κ3) is 2.00. The minimum atomic E-state index is -0.775. The zero-order chi connectivity index (χ0) is 20.6. The van der Waals surface area contributed by atoms with Gasteiger partial charge in [-0.1, -0.05) is 13.8 Å².